The van der Waals surface area contributed by atoms with Crippen LogP contribution in [0.15, 0.2) is 18.2 Å². The first-order valence-corrected chi connectivity index (χ1v) is 9.12. The lowest BCUT2D eigenvalue weighted by atomic mass is 9.89. The fourth-order valence-electron chi connectivity index (χ4n) is 3.17. The van der Waals surface area contributed by atoms with E-state index in [1.165, 1.54) is 43.2 Å². The van der Waals surface area contributed by atoms with E-state index in [4.69, 9.17) is 4.74 Å². The van der Waals surface area contributed by atoms with Gasteiger partial charge in [0.2, 0.25) is 5.91 Å². The number of aryl methyl sites for hydroxylation is 2. The molecule has 1 aromatic carbocycles. The highest BCUT2D eigenvalue weighted by atomic mass is 16.5. The predicted octanol–water partition coefficient (Wildman–Crippen LogP) is 4.55. The van der Waals surface area contributed by atoms with E-state index in [0.717, 1.165) is 25.1 Å². The van der Waals surface area contributed by atoms with E-state index >= 15 is 0 Å². The summed E-state index contributed by atoms with van der Waals surface area (Å²) in [6, 6.07) is 6.26. The second-order valence-electron chi connectivity index (χ2n) is 6.88. The number of ether oxygens (including phenoxy) is 1. The van der Waals surface area contributed by atoms with Crippen molar-refractivity contribution in [2.24, 2.45) is 5.92 Å². The molecule has 0 heterocycles. The summed E-state index contributed by atoms with van der Waals surface area (Å²) in [5.41, 5.74) is 2.38. The topological polar surface area (TPSA) is 38.3 Å². The van der Waals surface area contributed by atoms with Gasteiger partial charge in [0.25, 0.3) is 0 Å². The Kier molecular flexibility index (Phi) is 7.44. The Morgan fingerprint density at radius 1 is 1.17 bits per heavy atom. The molecule has 0 unspecified atom stereocenters. The van der Waals surface area contributed by atoms with Crippen LogP contribution in [0, 0.1) is 19.8 Å². The number of rotatable bonds is 8. The van der Waals surface area contributed by atoms with Crippen LogP contribution in [0.3, 0.4) is 0 Å². The number of unbranched alkanes of at least 4 members (excludes halogenated alkanes) is 1. The first-order valence-electron chi connectivity index (χ1n) is 9.12. The maximum absolute atomic E-state index is 11.9. The quantitative estimate of drug-likeness (QED) is 0.714. The van der Waals surface area contributed by atoms with Crippen LogP contribution >= 0.6 is 0 Å². The molecule has 0 spiro atoms. The molecular formula is C20H31NO2. The van der Waals surface area contributed by atoms with Crippen molar-refractivity contribution in [2.75, 3.05) is 13.2 Å². The van der Waals surface area contributed by atoms with Gasteiger partial charge in [-0.05, 0) is 62.6 Å². The van der Waals surface area contributed by atoms with Crippen LogP contribution < -0.4 is 10.1 Å². The molecule has 1 saturated carbocycles. The molecule has 128 valence electrons. The zero-order chi connectivity index (χ0) is 16.5. The van der Waals surface area contributed by atoms with Gasteiger partial charge >= 0.3 is 0 Å². The summed E-state index contributed by atoms with van der Waals surface area (Å²) in [6.07, 6.45) is 9.01. The maximum atomic E-state index is 11.9. The van der Waals surface area contributed by atoms with Gasteiger partial charge in [-0.15, -0.1) is 0 Å². The van der Waals surface area contributed by atoms with E-state index < -0.39 is 0 Å². The number of carbonyl (C=O) groups is 1. The van der Waals surface area contributed by atoms with Crippen LogP contribution in [0.4, 0.5) is 0 Å². The molecule has 1 aliphatic rings. The first-order chi connectivity index (χ1) is 11.1. The predicted molar refractivity (Wildman–Crippen MR) is 94.8 cm³/mol. The third-order valence-electron chi connectivity index (χ3n) is 4.71. The van der Waals surface area contributed by atoms with E-state index in [-0.39, 0.29) is 5.91 Å². The van der Waals surface area contributed by atoms with Crippen molar-refractivity contribution in [2.45, 2.75) is 65.2 Å². The Morgan fingerprint density at radius 3 is 2.74 bits per heavy atom. The first kappa shape index (κ1) is 17.8. The minimum absolute atomic E-state index is 0.197. The van der Waals surface area contributed by atoms with Crippen molar-refractivity contribution in [1.29, 1.82) is 0 Å². The van der Waals surface area contributed by atoms with Gasteiger partial charge in [-0.2, -0.15) is 0 Å². The van der Waals surface area contributed by atoms with Crippen LogP contribution in [0.2, 0.25) is 0 Å². The molecule has 0 radical (unpaired) electrons. The van der Waals surface area contributed by atoms with E-state index in [0.29, 0.717) is 18.9 Å². The highest BCUT2D eigenvalue weighted by Crippen LogP contribution is 2.22. The summed E-state index contributed by atoms with van der Waals surface area (Å²) in [4.78, 5) is 11.9. The molecule has 1 N–H and O–H groups in total. The molecule has 1 aromatic rings. The number of benzene rings is 1. The zero-order valence-electron chi connectivity index (χ0n) is 14.7. The van der Waals surface area contributed by atoms with Crippen LogP contribution in [-0.4, -0.2) is 19.1 Å². The van der Waals surface area contributed by atoms with Crippen molar-refractivity contribution in [3.63, 3.8) is 0 Å². The third-order valence-corrected chi connectivity index (χ3v) is 4.71. The van der Waals surface area contributed by atoms with Gasteiger partial charge in [0.15, 0.2) is 0 Å². The Morgan fingerprint density at radius 2 is 1.96 bits per heavy atom. The third kappa shape index (κ3) is 6.64. The highest BCUT2D eigenvalue weighted by Gasteiger charge is 2.13. The number of carbonyl (C=O) groups excluding carboxylic acids is 1. The smallest absolute Gasteiger partial charge is 0.220 e. The average molecular weight is 317 g/mol. The highest BCUT2D eigenvalue weighted by molar-refractivity contribution is 5.75. The standard InChI is InChI=1S/C20H31NO2/c1-16-11-12-17(2)19(14-16)23-13-7-6-10-20(22)21-15-18-8-4-3-5-9-18/h11-12,14,18H,3-10,13,15H2,1-2H3,(H,21,22). The van der Waals surface area contributed by atoms with Crippen LogP contribution in [0.1, 0.15) is 62.5 Å². The number of nitrogens with one attached hydrogen (secondary N) is 1. The molecule has 1 aliphatic carbocycles. The average Bonchev–Trinajstić information content (AvgIpc) is 2.56. The van der Waals surface area contributed by atoms with E-state index in [1.54, 1.807) is 0 Å². The summed E-state index contributed by atoms with van der Waals surface area (Å²) in [6.45, 7) is 5.69. The fraction of sp³-hybridized carbons (Fsp3) is 0.650. The molecule has 23 heavy (non-hydrogen) atoms. The molecular weight excluding hydrogens is 286 g/mol. The monoisotopic (exact) mass is 317 g/mol. The molecule has 1 fully saturated rings. The van der Waals surface area contributed by atoms with Crippen molar-refractivity contribution in [3.8, 4) is 5.75 Å². The summed E-state index contributed by atoms with van der Waals surface area (Å²) >= 11 is 0. The Labute approximate surface area is 140 Å². The minimum atomic E-state index is 0.197. The van der Waals surface area contributed by atoms with Gasteiger partial charge in [0.1, 0.15) is 5.75 Å². The lowest BCUT2D eigenvalue weighted by Gasteiger charge is -2.21. The van der Waals surface area contributed by atoms with Gasteiger partial charge < -0.3 is 10.1 Å². The molecule has 2 rings (SSSR count). The van der Waals surface area contributed by atoms with Gasteiger partial charge in [0.05, 0.1) is 6.61 Å². The maximum Gasteiger partial charge on any atom is 0.220 e. The summed E-state index contributed by atoms with van der Waals surface area (Å²) in [7, 11) is 0. The van der Waals surface area contributed by atoms with Crippen molar-refractivity contribution < 1.29 is 9.53 Å². The number of hydrogen-bond donors (Lipinski definition) is 1. The van der Waals surface area contributed by atoms with E-state index in [1.807, 2.05) is 0 Å². The minimum Gasteiger partial charge on any atom is -0.493 e. The molecule has 0 aliphatic heterocycles. The Bertz CT molecular complexity index is 492. The molecule has 3 nitrogen and oxygen atoms in total. The molecule has 0 aromatic heterocycles. The van der Waals surface area contributed by atoms with Crippen molar-refractivity contribution >= 4 is 5.91 Å². The van der Waals surface area contributed by atoms with Crippen molar-refractivity contribution in [3.05, 3.63) is 29.3 Å². The van der Waals surface area contributed by atoms with Crippen molar-refractivity contribution in [1.82, 2.24) is 5.32 Å². The summed E-state index contributed by atoms with van der Waals surface area (Å²) in [5, 5.41) is 3.10. The van der Waals surface area contributed by atoms with Gasteiger partial charge in [-0.1, -0.05) is 31.4 Å². The van der Waals surface area contributed by atoms with Gasteiger partial charge in [-0.3, -0.25) is 4.79 Å². The Hall–Kier alpha value is -1.51. The number of hydrogen-bond acceptors (Lipinski definition) is 2. The summed E-state index contributed by atoms with van der Waals surface area (Å²) in [5.74, 6) is 1.87. The summed E-state index contributed by atoms with van der Waals surface area (Å²) < 4.78 is 5.82. The molecule has 3 heteroatoms. The largest absolute Gasteiger partial charge is 0.493 e. The lowest BCUT2D eigenvalue weighted by molar-refractivity contribution is -0.121. The molecule has 0 saturated heterocycles. The van der Waals surface area contributed by atoms with Gasteiger partial charge in [-0.25, -0.2) is 0 Å². The fourth-order valence-corrected chi connectivity index (χ4v) is 3.17. The normalized spacial score (nSPS) is 15.4. The second-order valence-corrected chi connectivity index (χ2v) is 6.88. The van der Waals surface area contributed by atoms with Gasteiger partial charge in [0, 0.05) is 13.0 Å². The SMILES string of the molecule is Cc1ccc(C)c(OCCCCC(=O)NCC2CCCCC2)c1. The Balaban J connectivity index is 1.54. The molecule has 0 atom stereocenters. The van der Waals surface area contributed by atoms with Crippen LogP contribution in [0.25, 0.3) is 0 Å². The number of amides is 1. The second kappa shape index (κ2) is 9.59. The van der Waals surface area contributed by atoms with E-state index in [9.17, 15) is 4.79 Å². The molecule has 1 amide bonds. The zero-order valence-corrected chi connectivity index (χ0v) is 14.7. The lowest BCUT2D eigenvalue weighted by Crippen LogP contribution is -2.30. The van der Waals surface area contributed by atoms with Crippen LogP contribution in [-0.2, 0) is 4.79 Å². The van der Waals surface area contributed by atoms with E-state index in [2.05, 4.69) is 37.4 Å². The molecule has 0 bridgehead atoms. The van der Waals surface area contributed by atoms with Crippen LogP contribution in [0.5, 0.6) is 5.75 Å².